The van der Waals surface area contributed by atoms with Crippen LogP contribution in [0.1, 0.15) is 30.5 Å². The highest BCUT2D eigenvalue weighted by Crippen LogP contribution is 2.29. The summed E-state index contributed by atoms with van der Waals surface area (Å²) in [5, 5.41) is 0.342. The van der Waals surface area contributed by atoms with Crippen LogP contribution in [0.2, 0.25) is 5.02 Å². The van der Waals surface area contributed by atoms with Gasteiger partial charge >= 0.3 is 0 Å². The van der Waals surface area contributed by atoms with Crippen LogP contribution in [0.3, 0.4) is 0 Å². The molecule has 2 aromatic carbocycles. The number of methoxy groups -OCH3 is 1. The van der Waals surface area contributed by atoms with Gasteiger partial charge in [-0.15, -0.1) is 0 Å². The lowest BCUT2D eigenvalue weighted by molar-refractivity contribution is 0.402. The van der Waals surface area contributed by atoms with Gasteiger partial charge < -0.3 is 4.74 Å². The molecule has 0 amide bonds. The molecular formula is C17H20ClNO3S. The maximum Gasteiger partial charge on any atom is 0.244 e. The number of aryl methyl sites for hydroxylation is 1. The van der Waals surface area contributed by atoms with Crippen LogP contribution in [0.4, 0.5) is 0 Å². The molecule has 1 atom stereocenters. The van der Waals surface area contributed by atoms with Crippen LogP contribution in [0, 0.1) is 6.92 Å². The zero-order chi connectivity index (χ0) is 17.0. The highest BCUT2D eigenvalue weighted by molar-refractivity contribution is 7.89. The van der Waals surface area contributed by atoms with Crippen molar-refractivity contribution in [3.8, 4) is 5.75 Å². The summed E-state index contributed by atoms with van der Waals surface area (Å²) >= 11 is 5.94. The molecule has 0 aliphatic carbocycles. The SMILES string of the molecule is CC[C@H](NS(=O)(=O)c1cc(Cl)ccc1OC)c1ccc(C)cc1. The van der Waals surface area contributed by atoms with E-state index < -0.39 is 10.0 Å². The van der Waals surface area contributed by atoms with E-state index in [0.717, 1.165) is 11.1 Å². The molecule has 0 saturated carbocycles. The summed E-state index contributed by atoms with van der Waals surface area (Å²) in [7, 11) is -2.32. The highest BCUT2D eigenvalue weighted by atomic mass is 35.5. The smallest absolute Gasteiger partial charge is 0.244 e. The van der Waals surface area contributed by atoms with Crippen LogP contribution in [-0.2, 0) is 10.0 Å². The van der Waals surface area contributed by atoms with Crippen molar-refractivity contribution in [1.82, 2.24) is 4.72 Å². The van der Waals surface area contributed by atoms with E-state index in [9.17, 15) is 8.42 Å². The van der Waals surface area contributed by atoms with E-state index in [1.54, 1.807) is 12.1 Å². The van der Waals surface area contributed by atoms with Gasteiger partial charge in [0.2, 0.25) is 10.0 Å². The summed E-state index contributed by atoms with van der Waals surface area (Å²) in [6.07, 6.45) is 0.630. The van der Waals surface area contributed by atoms with Crippen LogP contribution >= 0.6 is 11.6 Å². The molecule has 0 aliphatic rings. The maximum atomic E-state index is 12.7. The van der Waals surface area contributed by atoms with Gasteiger partial charge in [-0.05, 0) is 37.1 Å². The Bertz CT molecular complexity index is 773. The van der Waals surface area contributed by atoms with Gasteiger partial charge in [0.1, 0.15) is 10.6 Å². The lowest BCUT2D eigenvalue weighted by Gasteiger charge is -2.19. The first kappa shape index (κ1) is 17.8. The van der Waals surface area contributed by atoms with E-state index in [1.807, 2.05) is 38.1 Å². The Morgan fingerprint density at radius 2 is 1.83 bits per heavy atom. The number of benzene rings is 2. The zero-order valence-electron chi connectivity index (χ0n) is 13.3. The molecule has 0 saturated heterocycles. The summed E-state index contributed by atoms with van der Waals surface area (Å²) in [6.45, 7) is 3.92. The monoisotopic (exact) mass is 353 g/mol. The van der Waals surface area contributed by atoms with Gasteiger partial charge in [-0.1, -0.05) is 48.4 Å². The number of halogens is 1. The van der Waals surface area contributed by atoms with Gasteiger partial charge in [0.05, 0.1) is 7.11 Å². The second kappa shape index (κ2) is 7.34. The maximum absolute atomic E-state index is 12.7. The Morgan fingerprint density at radius 3 is 2.39 bits per heavy atom. The molecule has 0 unspecified atom stereocenters. The Balaban J connectivity index is 2.36. The van der Waals surface area contributed by atoms with Crippen molar-refractivity contribution in [2.45, 2.75) is 31.2 Å². The molecule has 2 rings (SSSR count). The standard InChI is InChI=1S/C17H20ClNO3S/c1-4-15(13-7-5-12(2)6-8-13)19-23(20,21)17-11-14(18)9-10-16(17)22-3/h5-11,15,19H,4H2,1-3H3/t15-/m0/s1. The average molecular weight is 354 g/mol. The van der Waals surface area contributed by atoms with Crippen molar-refractivity contribution in [2.75, 3.05) is 7.11 Å². The first-order chi connectivity index (χ1) is 10.9. The normalized spacial score (nSPS) is 12.9. The molecule has 0 heterocycles. The van der Waals surface area contributed by atoms with Gasteiger partial charge in [-0.2, -0.15) is 0 Å². The van der Waals surface area contributed by atoms with Crippen LogP contribution in [0.5, 0.6) is 5.75 Å². The molecule has 0 aliphatic heterocycles. The minimum atomic E-state index is -3.75. The van der Waals surface area contributed by atoms with Crippen LogP contribution < -0.4 is 9.46 Å². The molecule has 1 N–H and O–H groups in total. The van der Waals surface area contributed by atoms with Gasteiger partial charge in [0.25, 0.3) is 0 Å². The van der Waals surface area contributed by atoms with Gasteiger partial charge in [-0.25, -0.2) is 13.1 Å². The Hall–Kier alpha value is -1.56. The summed E-state index contributed by atoms with van der Waals surface area (Å²) in [5.74, 6) is 0.264. The number of sulfonamides is 1. The quantitative estimate of drug-likeness (QED) is 0.851. The van der Waals surface area contributed by atoms with Gasteiger partial charge in [0, 0.05) is 11.1 Å². The number of hydrogen-bond acceptors (Lipinski definition) is 3. The van der Waals surface area contributed by atoms with Crippen LogP contribution in [0.25, 0.3) is 0 Å². The van der Waals surface area contributed by atoms with E-state index in [0.29, 0.717) is 11.4 Å². The van der Waals surface area contributed by atoms with Crippen molar-refractivity contribution >= 4 is 21.6 Å². The molecule has 6 heteroatoms. The molecule has 0 spiro atoms. The van der Waals surface area contributed by atoms with Gasteiger partial charge in [0.15, 0.2) is 0 Å². The van der Waals surface area contributed by atoms with E-state index in [-0.39, 0.29) is 16.7 Å². The number of hydrogen-bond donors (Lipinski definition) is 1. The molecule has 2 aromatic rings. The minimum Gasteiger partial charge on any atom is -0.495 e. The summed E-state index contributed by atoms with van der Waals surface area (Å²) in [6, 6.07) is 12.0. The summed E-state index contributed by atoms with van der Waals surface area (Å²) in [4.78, 5) is 0.0399. The predicted octanol–water partition coefficient (Wildman–Crippen LogP) is 4.09. The third-order valence-corrected chi connectivity index (χ3v) is 5.33. The molecule has 124 valence electrons. The van der Waals surface area contributed by atoms with Crippen molar-refractivity contribution in [3.63, 3.8) is 0 Å². The average Bonchev–Trinajstić information content (AvgIpc) is 2.53. The fraction of sp³-hybridized carbons (Fsp3) is 0.294. The fourth-order valence-electron chi connectivity index (χ4n) is 2.30. The topological polar surface area (TPSA) is 55.4 Å². The fourth-order valence-corrected chi connectivity index (χ4v) is 4.04. The molecule has 0 bridgehead atoms. The van der Waals surface area contributed by atoms with E-state index in [2.05, 4.69) is 4.72 Å². The van der Waals surface area contributed by atoms with E-state index in [4.69, 9.17) is 16.3 Å². The highest BCUT2D eigenvalue weighted by Gasteiger charge is 2.24. The number of ether oxygens (including phenoxy) is 1. The van der Waals surface area contributed by atoms with Crippen LogP contribution in [-0.4, -0.2) is 15.5 Å². The summed E-state index contributed by atoms with van der Waals surface area (Å²) in [5.41, 5.74) is 2.05. The summed E-state index contributed by atoms with van der Waals surface area (Å²) < 4.78 is 33.3. The van der Waals surface area contributed by atoms with Gasteiger partial charge in [-0.3, -0.25) is 0 Å². The lowest BCUT2D eigenvalue weighted by Crippen LogP contribution is -2.28. The first-order valence-corrected chi connectivity index (χ1v) is 9.16. The lowest BCUT2D eigenvalue weighted by atomic mass is 10.0. The van der Waals surface area contributed by atoms with Crippen molar-refractivity contribution in [2.24, 2.45) is 0 Å². The first-order valence-electron chi connectivity index (χ1n) is 7.30. The zero-order valence-corrected chi connectivity index (χ0v) is 14.9. The Labute approximate surface area is 142 Å². The van der Waals surface area contributed by atoms with Crippen molar-refractivity contribution in [1.29, 1.82) is 0 Å². The predicted molar refractivity (Wildman–Crippen MR) is 92.5 cm³/mol. The Kier molecular flexibility index (Phi) is 5.68. The number of rotatable bonds is 6. The molecule has 0 radical (unpaired) electrons. The van der Waals surface area contributed by atoms with Crippen molar-refractivity contribution < 1.29 is 13.2 Å². The van der Waals surface area contributed by atoms with E-state index >= 15 is 0 Å². The van der Waals surface area contributed by atoms with E-state index in [1.165, 1.54) is 13.2 Å². The second-order valence-corrected chi connectivity index (χ2v) is 7.41. The molecule has 0 aromatic heterocycles. The molecule has 23 heavy (non-hydrogen) atoms. The minimum absolute atomic E-state index is 0.0399. The number of nitrogens with one attached hydrogen (secondary N) is 1. The Morgan fingerprint density at radius 1 is 1.17 bits per heavy atom. The third-order valence-electron chi connectivity index (χ3n) is 3.60. The second-order valence-electron chi connectivity index (χ2n) is 5.29. The molecular weight excluding hydrogens is 334 g/mol. The molecule has 0 fully saturated rings. The third kappa shape index (κ3) is 4.25. The molecule has 4 nitrogen and oxygen atoms in total. The van der Waals surface area contributed by atoms with Crippen molar-refractivity contribution in [3.05, 3.63) is 58.6 Å². The largest absolute Gasteiger partial charge is 0.495 e. The van der Waals surface area contributed by atoms with Crippen LogP contribution in [0.15, 0.2) is 47.4 Å².